The van der Waals surface area contributed by atoms with Gasteiger partial charge in [0, 0.05) is 18.8 Å². The molecule has 0 radical (unpaired) electrons. The van der Waals surface area contributed by atoms with Gasteiger partial charge in [-0.25, -0.2) is 0 Å². The number of ether oxygens (including phenoxy) is 2. The zero-order chi connectivity index (χ0) is 22.0. The van der Waals surface area contributed by atoms with Crippen LogP contribution in [0.4, 0.5) is 5.69 Å². The molecule has 6 nitrogen and oxygen atoms in total. The van der Waals surface area contributed by atoms with Crippen molar-refractivity contribution in [3.63, 3.8) is 0 Å². The minimum absolute atomic E-state index is 0.246. The SMILES string of the molecule is COc1cc2c(cc1OC)CN(C(=O)C[NH+]1CCN(c3cccc(C)c3C)CC1)CC2. The second-order valence-corrected chi connectivity index (χ2v) is 8.67. The molecule has 0 bridgehead atoms. The molecule has 2 heterocycles. The Morgan fingerprint density at radius 2 is 1.68 bits per heavy atom. The standard InChI is InChI=1S/C25H33N3O3/c1-18-6-5-7-22(19(18)2)27-12-10-26(11-13-27)17-25(29)28-9-8-20-14-23(30-3)24(31-4)15-21(20)16-28/h5-7,14-15H,8-13,16-17H2,1-4H3/p+1. The number of carbonyl (C=O) groups is 1. The Hall–Kier alpha value is -2.73. The Labute approximate surface area is 185 Å². The molecular weight excluding hydrogens is 390 g/mol. The fourth-order valence-corrected chi connectivity index (χ4v) is 4.74. The first kappa shape index (κ1) is 21.5. The van der Waals surface area contributed by atoms with Crippen molar-refractivity contribution in [3.8, 4) is 11.5 Å². The Kier molecular flexibility index (Phi) is 6.37. The molecule has 0 aliphatic carbocycles. The third-order valence-electron chi connectivity index (χ3n) is 6.86. The van der Waals surface area contributed by atoms with Gasteiger partial charge < -0.3 is 24.2 Å². The lowest BCUT2D eigenvalue weighted by Gasteiger charge is -2.36. The van der Waals surface area contributed by atoms with E-state index in [2.05, 4.69) is 36.9 Å². The lowest BCUT2D eigenvalue weighted by molar-refractivity contribution is -0.892. The molecule has 2 aliphatic rings. The molecule has 0 saturated carbocycles. The van der Waals surface area contributed by atoms with Gasteiger partial charge in [-0.2, -0.15) is 0 Å². The van der Waals surface area contributed by atoms with E-state index < -0.39 is 0 Å². The van der Waals surface area contributed by atoms with Gasteiger partial charge in [-0.05, 0) is 60.7 Å². The van der Waals surface area contributed by atoms with Crippen molar-refractivity contribution in [3.05, 3.63) is 52.6 Å². The van der Waals surface area contributed by atoms with E-state index in [1.807, 2.05) is 17.0 Å². The van der Waals surface area contributed by atoms with Gasteiger partial charge in [0.05, 0.1) is 40.4 Å². The van der Waals surface area contributed by atoms with Gasteiger partial charge in [0.15, 0.2) is 18.0 Å². The highest BCUT2D eigenvalue weighted by Gasteiger charge is 2.28. The predicted molar refractivity (Wildman–Crippen MR) is 122 cm³/mol. The molecule has 1 saturated heterocycles. The van der Waals surface area contributed by atoms with Crippen LogP contribution in [0, 0.1) is 13.8 Å². The summed E-state index contributed by atoms with van der Waals surface area (Å²) in [7, 11) is 3.31. The van der Waals surface area contributed by atoms with E-state index in [-0.39, 0.29) is 5.91 Å². The maximum absolute atomic E-state index is 13.0. The summed E-state index contributed by atoms with van der Waals surface area (Å²) in [5, 5.41) is 0. The van der Waals surface area contributed by atoms with Crippen LogP contribution in [0.1, 0.15) is 22.3 Å². The molecule has 31 heavy (non-hydrogen) atoms. The smallest absolute Gasteiger partial charge is 0.278 e. The Bertz CT molecular complexity index is 951. The molecule has 1 amide bonds. The number of hydrogen-bond donors (Lipinski definition) is 1. The van der Waals surface area contributed by atoms with Crippen molar-refractivity contribution in [1.29, 1.82) is 0 Å². The lowest BCUT2D eigenvalue weighted by atomic mass is 9.98. The van der Waals surface area contributed by atoms with E-state index in [1.165, 1.54) is 27.3 Å². The van der Waals surface area contributed by atoms with Crippen LogP contribution in [0.25, 0.3) is 0 Å². The largest absolute Gasteiger partial charge is 0.493 e. The van der Waals surface area contributed by atoms with Crippen molar-refractivity contribution < 1.29 is 19.2 Å². The van der Waals surface area contributed by atoms with Crippen LogP contribution in [0.15, 0.2) is 30.3 Å². The summed E-state index contributed by atoms with van der Waals surface area (Å²) in [5.41, 5.74) is 6.44. The average molecular weight is 425 g/mol. The van der Waals surface area contributed by atoms with Gasteiger partial charge >= 0.3 is 0 Å². The zero-order valence-electron chi connectivity index (χ0n) is 19.2. The fraction of sp³-hybridized carbons (Fsp3) is 0.480. The first-order chi connectivity index (χ1) is 15.0. The van der Waals surface area contributed by atoms with Gasteiger partial charge in [0.25, 0.3) is 5.91 Å². The quantitative estimate of drug-likeness (QED) is 0.792. The van der Waals surface area contributed by atoms with Gasteiger partial charge in [-0.3, -0.25) is 4.79 Å². The second kappa shape index (κ2) is 9.18. The maximum atomic E-state index is 13.0. The molecule has 2 aromatic rings. The van der Waals surface area contributed by atoms with Crippen LogP contribution in [-0.4, -0.2) is 64.3 Å². The number of carbonyl (C=O) groups excluding carboxylic acids is 1. The molecule has 0 aromatic heterocycles. The van der Waals surface area contributed by atoms with Crippen molar-refractivity contribution >= 4 is 11.6 Å². The number of nitrogens with one attached hydrogen (secondary N) is 1. The molecule has 6 heteroatoms. The molecule has 1 N–H and O–H groups in total. The van der Waals surface area contributed by atoms with Crippen LogP contribution in [0.5, 0.6) is 11.5 Å². The normalized spacial score (nSPS) is 16.8. The average Bonchev–Trinajstić information content (AvgIpc) is 2.80. The summed E-state index contributed by atoms with van der Waals surface area (Å²) in [6, 6.07) is 10.6. The van der Waals surface area contributed by atoms with Gasteiger partial charge in [-0.1, -0.05) is 12.1 Å². The van der Waals surface area contributed by atoms with Crippen LogP contribution in [-0.2, 0) is 17.8 Å². The van der Waals surface area contributed by atoms with E-state index in [4.69, 9.17) is 9.47 Å². The number of piperazine rings is 1. The Morgan fingerprint density at radius 1 is 1.00 bits per heavy atom. The van der Waals surface area contributed by atoms with E-state index in [9.17, 15) is 4.79 Å². The molecule has 0 unspecified atom stereocenters. The summed E-state index contributed by atoms with van der Waals surface area (Å²) in [4.78, 5) is 18.9. The number of rotatable bonds is 5. The highest BCUT2D eigenvalue weighted by atomic mass is 16.5. The third kappa shape index (κ3) is 4.49. The van der Waals surface area contributed by atoms with Gasteiger partial charge in [-0.15, -0.1) is 0 Å². The minimum atomic E-state index is 0.246. The maximum Gasteiger partial charge on any atom is 0.278 e. The number of quaternary nitrogens is 1. The van der Waals surface area contributed by atoms with Crippen LogP contribution in [0.2, 0.25) is 0 Å². The first-order valence-electron chi connectivity index (χ1n) is 11.2. The Balaban J connectivity index is 1.34. The van der Waals surface area contributed by atoms with Crippen molar-refractivity contribution in [2.75, 3.05) is 58.4 Å². The second-order valence-electron chi connectivity index (χ2n) is 8.67. The van der Waals surface area contributed by atoms with Crippen LogP contribution in [0.3, 0.4) is 0 Å². The number of fused-ring (bicyclic) bond motifs is 1. The molecule has 0 spiro atoms. The highest BCUT2D eigenvalue weighted by molar-refractivity contribution is 5.77. The highest BCUT2D eigenvalue weighted by Crippen LogP contribution is 2.33. The summed E-state index contributed by atoms with van der Waals surface area (Å²) >= 11 is 0. The number of amides is 1. The number of hydrogen-bond acceptors (Lipinski definition) is 4. The van der Waals surface area contributed by atoms with Gasteiger partial charge in [0.1, 0.15) is 0 Å². The monoisotopic (exact) mass is 424 g/mol. The summed E-state index contributed by atoms with van der Waals surface area (Å²) in [6.45, 7) is 10.3. The van der Waals surface area contributed by atoms with E-state index in [1.54, 1.807) is 14.2 Å². The molecule has 4 rings (SSSR count). The fourth-order valence-electron chi connectivity index (χ4n) is 4.74. The first-order valence-corrected chi connectivity index (χ1v) is 11.2. The molecule has 0 atom stereocenters. The predicted octanol–water partition coefficient (Wildman–Crippen LogP) is 1.61. The minimum Gasteiger partial charge on any atom is -0.493 e. The molecule has 2 aliphatic heterocycles. The summed E-state index contributed by atoms with van der Waals surface area (Å²) in [6.07, 6.45) is 0.858. The third-order valence-corrected chi connectivity index (χ3v) is 6.86. The number of anilines is 1. The van der Waals surface area contributed by atoms with Crippen LogP contribution >= 0.6 is 0 Å². The van der Waals surface area contributed by atoms with E-state index >= 15 is 0 Å². The van der Waals surface area contributed by atoms with E-state index in [0.717, 1.165) is 56.2 Å². The van der Waals surface area contributed by atoms with Crippen molar-refractivity contribution in [2.45, 2.75) is 26.8 Å². The Morgan fingerprint density at radius 3 is 2.35 bits per heavy atom. The summed E-state index contributed by atoms with van der Waals surface area (Å²) in [5.74, 6) is 1.73. The molecule has 166 valence electrons. The van der Waals surface area contributed by atoms with Crippen molar-refractivity contribution in [2.24, 2.45) is 0 Å². The number of nitrogens with zero attached hydrogens (tertiary/aromatic N) is 2. The lowest BCUT2D eigenvalue weighted by Crippen LogP contribution is -3.15. The molecular formula is C25H34N3O3+. The number of aryl methyl sites for hydroxylation is 1. The number of benzene rings is 2. The zero-order valence-corrected chi connectivity index (χ0v) is 19.2. The molecule has 2 aromatic carbocycles. The van der Waals surface area contributed by atoms with Gasteiger partial charge in [0.2, 0.25) is 0 Å². The van der Waals surface area contributed by atoms with Crippen LogP contribution < -0.4 is 19.3 Å². The van der Waals surface area contributed by atoms with Crippen molar-refractivity contribution in [1.82, 2.24) is 4.90 Å². The molecule has 1 fully saturated rings. The topological polar surface area (TPSA) is 46.5 Å². The number of methoxy groups -OCH3 is 2. The van der Waals surface area contributed by atoms with E-state index in [0.29, 0.717) is 13.1 Å². The summed E-state index contributed by atoms with van der Waals surface area (Å²) < 4.78 is 10.9.